The smallest absolute Gasteiger partial charge is 0.341 e. The van der Waals surface area contributed by atoms with E-state index in [-0.39, 0.29) is 5.91 Å². The highest BCUT2D eigenvalue weighted by Crippen LogP contribution is 2.24. The molecular weight excluding hydrogens is 370 g/mol. The van der Waals surface area contributed by atoms with Gasteiger partial charge in [0.05, 0.1) is 5.69 Å². The van der Waals surface area contributed by atoms with Gasteiger partial charge in [-0.15, -0.1) is 6.58 Å². The second-order valence-electron chi connectivity index (χ2n) is 6.16. The van der Waals surface area contributed by atoms with Crippen LogP contribution in [0.25, 0.3) is 0 Å². The molecule has 0 unspecified atom stereocenters. The van der Waals surface area contributed by atoms with Crippen molar-refractivity contribution in [2.24, 2.45) is 0 Å². The number of ether oxygens (including phenoxy) is 2. The Morgan fingerprint density at radius 3 is 2.48 bits per heavy atom. The molecule has 0 fully saturated rings. The van der Waals surface area contributed by atoms with Gasteiger partial charge in [0, 0.05) is 5.56 Å². The molecule has 0 radical (unpaired) electrons. The van der Waals surface area contributed by atoms with E-state index < -0.39 is 12.6 Å². The van der Waals surface area contributed by atoms with Crippen molar-refractivity contribution in [1.82, 2.24) is 0 Å². The third-order valence-electron chi connectivity index (χ3n) is 3.89. The summed E-state index contributed by atoms with van der Waals surface area (Å²) in [6.07, 6.45) is 9.03. The van der Waals surface area contributed by atoms with Crippen molar-refractivity contribution in [3.05, 3.63) is 78.9 Å². The average Bonchev–Trinajstić information content (AvgIpc) is 2.73. The van der Waals surface area contributed by atoms with E-state index >= 15 is 0 Å². The van der Waals surface area contributed by atoms with Crippen LogP contribution in [0.2, 0.25) is 0 Å². The Morgan fingerprint density at radius 1 is 1.00 bits per heavy atom. The summed E-state index contributed by atoms with van der Waals surface area (Å²) in [5, 5.41) is 11.5. The number of hydrogen-bond acceptors (Lipinski definition) is 4. The lowest BCUT2D eigenvalue weighted by atomic mass is 10.2. The predicted molar refractivity (Wildman–Crippen MR) is 113 cm³/mol. The van der Waals surface area contributed by atoms with Crippen LogP contribution in [0, 0.1) is 0 Å². The molecule has 0 aliphatic heterocycles. The van der Waals surface area contributed by atoms with Crippen molar-refractivity contribution in [3.63, 3.8) is 0 Å². The van der Waals surface area contributed by atoms with E-state index in [2.05, 4.69) is 18.0 Å². The number of aliphatic carboxylic acids is 1. The molecule has 6 nitrogen and oxygen atoms in total. The van der Waals surface area contributed by atoms with Gasteiger partial charge in [-0.05, 0) is 55.7 Å². The van der Waals surface area contributed by atoms with Crippen LogP contribution in [-0.2, 0) is 4.79 Å². The van der Waals surface area contributed by atoms with Gasteiger partial charge in [-0.3, -0.25) is 4.79 Å². The minimum atomic E-state index is -1.09. The lowest BCUT2D eigenvalue weighted by Gasteiger charge is -2.11. The molecule has 0 aliphatic rings. The van der Waals surface area contributed by atoms with E-state index in [1.807, 2.05) is 12.2 Å². The molecule has 29 heavy (non-hydrogen) atoms. The standard InChI is InChI=1S/C23H25NO5/c1-2-3-4-5-6-9-16-28-19-14-12-18(13-15-19)23(27)24-20-10-7-8-11-21(20)29-17-22(25)26/h2,6-15H,1,3-5,16-17H2,(H,24,27)(H,25,26)/b9-6+. The monoisotopic (exact) mass is 395 g/mol. The van der Waals surface area contributed by atoms with Crippen LogP contribution in [-0.4, -0.2) is 30.2 Å². The zero-order valence-electron chi connectivity index (χ0n) is 16.2. The first-order valence-electron chi connectivity index (χ1n) is 9.34. The van der Waals surface area contributed by atoms with Crippen molar-refractivity contribution in [2.75, 3.05) is 18.5 Å². The van der Waals surface area contributed by atoms with E-state index in [1.54, 1.807) is 48.5 Å². The topological polar surface area (TPSA) is 84.9 Å². The second kappa shape index (κ2) is 12.0. The Kier molecular flexibility index (Phi) is 9.02. The van der Waals surface area contributed by atoms with E-state index in [0.29, 0.717) is 29.4 Å². The maximum atomic E-state index is 12.5. The quantitative estimate of drug-likeness (QED) is 0.402. The SMILES string of the molecule is C=CCCC/C=C/COc1ccc(C(=O)Nc2ccccc2OCC(=O)O)cc1. The molecule has 152 valence electrons. The summed E-state index contributed by atoms with van der Waals surface area (Å²) in [7, 11) is 0. The van der Waals surface area contributed by atoms with Gasteiger partial charge >= 0.3 is 5.97 Å². The lowest BCUT2D eigenvalue weighted by molar-refractivity contribution is -0.139. The van der Waals surface area contributed by atoms with Crippen LogP contribution in [0.4, 0.5) is 5.69 Å². The van der Waals surface area contributed by atoms with E-state index in [9.17, 15) is 9.59 Å². The van der Waals surface area contributed by atoms with E-state index in [4.69, 9.17) is 14.6 Å². The summed E-state index contributed by atoms with van der Waals surface area (Å²) in [6, 6.07) is 13.5. The van der Waals surface area contributed by atoms with Gasteiger partial charge in [0.2, 0.25) is 0 Å². The van der Waals surface area contributed by atoms with Crippen LogP contribution < -0.4 is 14.8 Å². The maximum Gasteiger partial charge on any atom is 0.341 e. The molecule has 0 heterocycles. The van der Waals surface area contributed by atoms with E-state index in [1.165, 1.54) is 0 Å². The summed E-state index contributed by atoms with van der Waals surface area (Å²) in [5.74, 6) is -0.455. The number of hydrogen-bond donors (Lipinski definition) is 2. The van der Waals surface area contributed by atoms with Gasteiger partial charge in [-0.1, -0.05) is 30.4 Å². The molecule has 0 saturated heterocycles. The summed E-state index contributed by atoms with van der Waals surface area (Å²) < 4.78 is 10.8. The number of anilines is 1. The third-order valence-corrected chi connectivity index (χ3v) is 3.89. The number of rotatable bonds is 12. The Bertz CT molecular complexity index is 843. The van der Waals surface area contributed by atoms with Gasteiger partial charge in [-0.25, -0.2) is 4.79 Å². The van der Waals surface area contributed by atoms with Crippen molar-refractivity contribution in [3.8, 4) is 11.5 Å². The van der Waals surface area contributed by atoms with Gasteiger partial charge in [0.25, 0.3) is 5.91 Å². The van der Waals surface area contributed by atoms with E-state index in [0.717, 1.165) is 19.3 Å². The Balaban J connectivity index is 1.87. The molecule has 2 N–H and O–H groups in total. The van der Waals surface area contributed by atoms with Gasteiger partial charge in [-0.2, -0.15) is 0 Å². The number of carboxylic acids is 1. The minimum Gasteiger partial charge on any atom is -0.490 e. The highest BCUT2D eigenvalue weighted by atomic mass is 16.5. The van der Waals surface area contributed by atoms with Crippen molar-refractivity contribution < 1.29 is 24.2 Å². The third kappa shape index (κ3) is 7.92. The van der Waals surface area contributed by atoms with Gasteiger partial charge in [0.15, 0.2) is 6.61 Å². The summed E-state index contributed by atoms with van der Waals surface area (Å²) in [4.78, 5) is 23.1. The fraction of sp³-hybridized carbons (Fsp3) is 0.217. The van der Waals surface area contributed by atoms with Crippen LogP contribution in [0.3, 0.4) is 0 Å². The predicted octanol–water partition coefficient (Wildman–Crippen LogP) is 4.69. The lowest BCUT2D eigenvalue weighted by Crippen LogP contribution is -2.15. The number of carbonyl (C=O) groups excluding carboxylic acids is 1. The van der Waals surface area contributed by atoms with Gasteiger partial charge in [0.1, 0.15) is 18.1 Å². The molecular formula is C23H25NO5. The summed E-state index contributed by atoms with van der Waals surface area (Å²) in [6.45, 7) is 3.67. The largest absolute Gasteiger partial charge is 0.490 e. The molecule has 2 aromatic rings. The molecule has 0 aliphatic carbocycles. The molecule has 0 spiro atoms. The summed E-state index contributed by atoms with van der Waals surface area (Å²) in [5.41, 5.74) is 0.853. The minimum absolute atomic E-state index is 0.295. The zero-order chi connectivity index (χ0) is 20.9. The zero-order valence-corrected chi connectivity index (χ0v) is 16.2. The first kappa shape index (κ1) is 21.8. The fourth-order valence-corrected chi connectivity index (χ4v) is 2.44. The average molecular weight is 395 g/mol. The highest BCUT2D eigenvalue weighted by Gasteiger charge is 2.11. The Labute approximate surface area is 170 Å². The van der Waals surface area contributed by atoms with Crippen LogP contribution in [0.1, 0.15) is 29.6 Å². The highest BCUT2D eigenvalue weighted by molar-refractivity contribution is 6.05. The molecule has 2 rings (SSSR count). The first-order valence-corrected chi connectivity index (χ1v) is 9.34. The second-order valence-corrected chi connectivity index (χ2v) is 6.16. The molecule has 0 atom stereocenters. The summed E-state index contributed by atoms with van der Waals surface area (Å²) >= 11 is 0. The number of para-hydroxylation sites is 2. The number of unbranched alkanes of at least 4 members (excludes halogenated alkanes) is 2. The first-order chi connectivity index (χ1) is 14.1. The number of benzene rings is 2. The molecule has 0 aromatic heterocycles. The normalized spacial score (nSPS) is 10.5. The molecule has 1 amide bonds. The Hall–Kier alpha value is -3.54. The van der Waals surface area contributed by atoms with Crippen LogP contribution in [0.5, 0.6) is 11.5 Å². The molecule has 6 heteroatoms. The van der Waals surface area contributed by atoms with Crippen molar-refractivity contribution in [1.29, 1.82) is 0 Å². The fourth-order valence-electron chi connectivity index (χ4n) is 2.44. The van der Waals surface area contributed by atoms with Crippen molar-refractivity contribution in [2.45, 2.75) is 19.3 Å². The van der Waals surface area contributed by atoms with Crippen LogP contribution in [0.15, 0.2) is 73.3 Å². The molecule has 2 aromatic carbocycles. The molecule has 0 bridgehead atoms. The van der Waals surface area contributed by atoms with Crippen LogP contribution >= 0.6 is 0 Å². The number of amides is 1. The van der Waals surface area contributed by atoms with Gasteiger partial charge < -0.3 is 19.9 Å². The Morgan fingerprint density at radius 2 is 1.76 bits per heavy atom. The number of nitrogens with one attached hydrogen (secondary N) is 1. The number of allylic oxidation sites excluding steroid dienone is 2. The number of carboxylic acid groups (broad SMARTS) is 1. The number of carbonyl (C=O) groups is 2. The molecule has 0 saturated carbocycles. The van der Waals surface area contributed by atoms with Crippen molar-refractivity contribution >= 4 is 17.6 Å². The maximum absolute atomic E-state index is 12.5.